The van der Waals surface area contributed by atoms with E-state index in [2.05, 4.69) is 15.4 Å². The zero-order valence-electron chi connectivity index (χ0n) is 9.25. The van der Waals surface area contributed by atoms with Crippen LogP contribution in [0.5, 0.6) is 0 Å². The molecule has 0 aliphatic carbocycles. The van der Waals surface area contributed by atoms with Crippen LogP contribution in [0.4, 0.5) is 0 Å². The molecule has 6 heteroatoms. The summed E-state index contributed by atoms with van der Waals surface area (Å²) in [6.45, 7) is 0.404. The number of hydrogen-bond donors (Lipinski definition) is 1. The summed E-state index contributed by atoms with van der Waals surface area (Å²) in [6, 6.07) is 7.71. The molecule has 0 radical (unpaired) electrons. The summed E-state index contributed by atoms with van der Waals surface area (Å²) in [5, 5.41) is 21.3. The molecular weight excluding hydrogens is 240 g/mol. The predicted molar refractivity (Wildman–Crippen MR) is 63.8 cm³/mol. The fourth-order valence-corrected chi connectivity index (χ4v) is 1.59. The number of aryl methyl sites for hydroxylation is 2. The summed E-state index contributed by atoms with van der Waals surface area (Å²) in [4.78, 5) is 1.40. The van der Waals surface area contributed by atoms with Gasteiger partial charge in [-0.1, -0.05) is 23.7 Å². The van der Waals surface area contributed by atoms with Crippen molar-refractivity contribution < 1.29 is 5.11 Å². The Labute approximate surface area is 104 Å². The van der Waals surface area contributed by atoms with Crippen molar-refractivity contribution in [3.63, 3.8) is 0 Å². The van der Waals surface area contributed by atoms with E-state index < -0.39 is 0 Å². The second kappa shape index (κ2) is 5.75. The number of nitrogens with zero attached hydrogens (tertiary/aromatic N) is 4. The van der Waals surface area contributed by atoms with E-state index in [0.717, 1.165) is 17.9 Å². The van der Waals surface area contributed by atoms with E-state index in [1.54, 1.807) is 0 Å². The number of benzene rings is 1. The van der Waals surface area contributed by atoms with Crippen LogP contribution in [0.15, 0.2) is 24.3 Å². The molecule has 0 atom stereocenters. The van der Waals surface area contributed by atoms with E-state index in [1.165, 1.54) is 10.4 Å². The zero-order valence-corrected chi connectivity index (χ0v) is 10.0. The molecule has 0 saturated carbocycles. The molecule has 0 amide bonds. The molecular formula is C11H13ClN4O. The molecule has 0 aliphatic rings. The van der Waals surface area contributed by atoms with Gasteiger partial charge in [0.25, 0.3) is 0 Å². The number of aromatic nitrogens is 4. The van der Waals surface area contributed by atoms with Gasteiger partial charge in [0.2, 0.25) is 0 Å². The molecule has 0 unspecified atom stereocenters. The summed E-state index contributed by atoms with van der Waals surface area (Å²) in [5.41, 5.74) is 1.19. The maximum atomic E-state index is 8.72. The normalized spacial score (nSPS) is 10.7. The Morgan fingerprint density at radius 3 is 2.65 bits per heavy atom. The summed E-state index contributed by atoms with van der Waals surface area (Å²) in [7, 11) is 0. The van der Waals surface area contributed by atoms with Crippen molar-refractivity contribution in [2.75, 3.05) is 6.61 Å². The summed E-state index contributed by atoms with van der Waals surface area (Å²) >= 11 is 5.81. The van der Waals surface area contributed by atoms with Crippen molar-refractivity contribution in [3.05, 3.63) is 40.7 Å². The van der Waals surface area contributed by atoms with Gasteiger partial charge in [0.15, 0.2) is 5.82 Å². The Morgan fingerprint density at radius 2 is 1.94 bits per heavy atom. The molecule has 90 valence electrons. The van der Waals surface area contributed by atoms with Crippen LogP contribution in [0.25, 0.3) is 0 Å². The third kappa shape index (κ3) is 3.51. The van der Waals surface area contributed by atoms with Gasteiger partial charge in [-0.3, -0.25) is 0 Å². The Kier molecular flexibility index (Phi) is 4.06. The van der Waals surface area contributed by atoms with E-state index in [9.17, 15) is 0 Å². The molecule has 0 bridgehead atoms. The van der Waals surface area contributed by atoms with Crippen molar-refractivity contribution in [1.29, 1.82) is 0 Å². The van der Waals surface area contributed by atoms with E-state index in [0.29, 0.717) is 12.4 Å². The molecule has 0 aliphatic heterocycles. The van der Waals surface area contributed by atoms with Crippen molar-refractivity contribution >= 4 is 11.6 Å². The first kappa shape index (κ1) is 12.0. The highest BCUT2D eigenvalue weighted by molar-refractivity contribution is 6.30. The first-order valence-corrected chi connectivity index (χ1v) is 5.78. The van der Waals surface area contributed by atoms with Crippen LogP contribution in [0.3, 0.4) is 0 Å². The van der Waals surface area contributed by atoms with Gasteiger partial charge >= 0.3 is 0 Å². The quantitative estimate of drug-likeness (QED) is 0.866. The lowest BCUT2D eigenvalue weighted by atomic mass is 10.1. The topological polar surface area (TPSA) is 63.8 Å². The third-order valence-corrected chi connectivity index (χ3v) is 2.60. The Hall–Kier alpha value is -1.46. The molecule has 2 aromatic rings. The molecule has 17 heavy (non-hydrogen) atoms. The van der Waals surface area contributed by atoms with Gasteiger partial charge in [0.1, 0.15) is 0 Å². The Bertz CT molecular complexity index is 469. The van der Waals surface area contributed by atoms with Crippen molar-refractivity contribution in [1.82, 2.24) is 20.2 Å². The second-order valence-corrected chi connectivity index (χ2v) is 4.09. The maximum Gasteiger partial charge on any atom is 0.175 e. The molecule has 0 spiro atoms. The van der Waals surface area contributed by atoms with Gasteiger partial charge in [0.05, 0.1) is 13.2 Å². The van der Waals surface area contributed by atoms with E-state index in [1.807, 2.05) is 24.3 Å². The number of aliphatic hydroxyl groups excluding tert-OH is 1. The molecule has 2 rings (SSSR count). The maximum absolute atomic E-state index is 8.72. The second-order valence-electron chi connectivity index (χ2n) is 3.65. The van der Waals surface area contributed by atoms with Gasteiger partial charge in [-0.15, -0.1) is 10.2 Å². The monoisotopic (exact) mass is 252 g/mol. The van der Waals surface area contributed by atoms with Gasteiger partial charge in [0, 0.05) is 11.4 Å². The minimum absolute atomic E-state index is 0.0208. The van der Waals surface area contributed by atoms with Gasteiger partial charge in [-0.05, 0) is 29.3 Å². The fraction of sp³-hybridized carbons (Fsp3) is 0.364. The van der Waals surface area contributed by atoms with Crippen molar-refractivity contribution in [2.45, 2.75) is 19.4 Å². The molecule has 0 fully saturated rings. The highest BCUT2D eigenvalue weighted by atomic mass is 35.5. The van der Waals surface area contributed by atoms with Crippen LogP contribution < -0.4 is 0 Å². The number of halogens is 1. The number of rotatable bonds is 5. The lowest BCUT2D eigenvalue weighted by Crippen LogP contribution is -2.06. The molecule has 1 aromatic carbocycles. The van der Waals surface area contributed by atoms with Crippen LogP contribution >= 0.6 is 11.6 Å². The molecule has 5 nitrogen and oxygen atoms in total. The van der Waals surface area contributed by atoms with Gasteiger partial charge < -0.3 is 5.11 Å². The highest BCUT2D eigenvalue weighted by Crippen LogP contribution is 2.10. The summed E-state index contributed by atoms with van der Waals surface area (Å²) in [6.07, 6.45) is 1.58. The number of hydrogen-bond acceptors (Lipinski definition) is 4. The largest absolute Gasteiger partial charge is 0.394 e. The predicted octanol–water partition coefficient (Wildman–Crippen LogP) is 1.10. The van der Waals surface area contributed by atoms with Gasteiger partial charge in [-0.25, -0.2) is 0 Å². The highest BCUT2D eigenvalue weighted by Gasteiger charge is 2.03. The lowest BCUT2D eigenvalue weighted by Gasteiger charge is -1.98. The SMILES string of the molecule is OCCn1nnc(CCc2ccc(Cl)cc2)n1. The van der Waals surface area contributed by atoms with Crippen LogP contribution in [-0.2, 0) is 19.4 Å². The average molecular weight is 253 g/mol. The number of aliphatic hydroxyl groups is 1. The fourth-order valence-electron chi connectivity index (χ4n) is 1.47. The zero-order chi connectivity index (χ0) is 12.1. The Balaban J connectivity index is 1.90. The molecule has 1 aromatic heterocycles. The third-order valence-electron chi connectivity index (χ3n) is 2.34. The van der Waals surface area contributed by atoms with Gasteiger partial charge in [-0.2, -0.15) is 4.80 Å². The van der Waals surface area contributed by atoms with E-state index >= 15 is 0 Å². The van der Waals surface area contributed by atoms with Crippen molar-refractivity contribution in [3.8, 4) is 0 Å². The van der Waals surface area contributed by atoms with Crippen LogP contribution in [-0.4, -0.2) is 31.9 Å². The van der Waals surface area contributed by atoms with E-state index in [4.69, 9.17) is 16.7 Å². The molecule has 0 saturated heterocycles. The lowest BCUT2D eigenvalue weighted by molar-refractivity contribution is 0.259. The summed E-state index contributed by atoms with van der Waals surface area (Å²) < 4.78 is 0. The van der Waals surface area contributed by atoms with Crippen molar-refractivity contribution in [2.24, 2.45) is 0 Å². The molecule has 1 heterocycles. The standard InChI is InChI=1S/C11H13ClN4O/c12-10-4-1-9(2-5-10)3-6-11-13-15-16(14-11)7-8-17/h1-2,4-5,17H,3,6-8H2. The average Bonchev–Trinajstić information content (AvgIpc) is 2.77. The Morgan fingerprint density at radius 1 is 1.18 bits per heavy atom. The minimum atomic E-state index is 0.0208. The summed E-state index contributed by atoms with van der Waals surface area (Å²) in [5.74, 6) is 0.688. The first-order chi connectivity index (χ1) is 8.28. The minimum Gasteiger partial charge on any atom is -0.394 e. The number of tetrazole rings is 1. The van der Waals surface area contributed by atoms with Crippen LogP contribution in [0, 0.1) is 0 Å². The van der Waals surface area contributed by atoms with E-state index in [-0.39, 0.29) is 6.61 Å². The molecule has 1 N–H and O–H groups in total. The van der Waals surface area contributed by atoms with Crippen LogP contribution in [0.1, 0.15) is 11.4 Å². The smallest absolute Gasteiger partial charge is 0.175 e. The first-order valence-electron chi connectivity index (χ1n) is 5.40. The van der Waals surface area contributed by atoms with Crippen LogP contribution in [0.2, 0.25) is 5.02 Å².